The van der Waals surface area contributed by atoms with Crippen LogP contribution in [0.15, 0.2) is 12.1 Å². The molecule has 6 heteroatoms. The number of methoxy groups -OCH3 is 3. The lowest BCUT2D eigenvalue weighted by atomic mass is 9.87. The average Bonchev–Trinajstić information content (AvgIpc) is 2.53. The number of nitrogens with two attached hydrogens (primary N) is 1. The molecule has 1 heterocycles. The Labute approximate surface area is 132 Å². The fraction of sp³-hybridized carbons (Fsp3) is 0.600. The molecule has 1 fully saturated rings. The maximum atomic E-state index is 6.46. The van der Waals surface area contributed by atoms with E-state index in [4.69, 9.17) is 24.7 Å². The summed E-state index contributed by atoms with van der Waals surface area (Å²) in [6.45, 7) is 1.53. The maximum Gasteiger partial charge on any atom is 0.131 e. The maximum absolute atomic E-state index is 6.46. The molecular weight excluding hydrogens is 294 g/mol. The summed E-state index contributed by atoms with van der Waals surface area (Å²) in [5.41, 5.74) is 7.36. The van der Waals surface area contributed by atoms with Crippen LogP contribution in [-0.2, 0) is 4.74 Å². The summed E-state index contributed by atoms with van der Waals surface area (Å²) in [6, 6.07) is 3.56. The van der Waals surface area contributed by atoms with Crippen molar-refractivity contribution in [2.24, 2.45) is 11.7 Å². The van der Waals surface area contributed by atoms with E-state index in [0.717, 1.165) is 31.6 Å². The van der Waals surface area contributed by atoms with Crippen molar-refractivity contribution >= 4 is 12.4 Å². The van der Waals surface area contributed by atoms with E-state index < -0.39 is 0 Å². The lowest BCUT2D eigenvalue weighted by Crippen LogP contribution is -2.28. The Hall–Kier alpha value is -1.17. The predicted octanol–water partition coefficient (Wildman–Crippen LogP) is 2.56. The molecule has 1 aliphatic heterocycles. The first-order chi connectivity index (χ1) is 9.71. The minimum absolute atomic E-state index is 0. The monoisotopic (exact) mass is 317 g/mol. The van der Waals surface area contributed by atoms with Crippen molar-refractivity contribution in [3.63, 3.8) is 0 Å². The first kappa shape index (κ1) is 17.9. The average molecular weight is 318 g/mol. The summed E-state index contributed by atoms with van der Waals surface area (Å²) in [5, 5.41) is 0. The van der Waals surface area contributed by atoms with Crippen LogP contribution >= 0.6 is 12.4 Å². The largest absolute Gasteiger partial charge is 0.496 e. The van der Waals surface area contributed by atoms with E-state index in [9.17, 15) is 0 Å². The zero-order valence-corrected chi connectivity index (χ0v) is 13.6. The van der Waals surface area contributed by atoms with Crippen LogP contribution < -0.4 is 19.9 Å². The third-order valence-corrected chi connectivity index (χ3v) is 3.86. The molecule has 0 bridgehead atoms. The van der Waals surface area contributed by atoms with Crippen LogP contribution in [0.1, 0.15) is 24.4 Å². The van der Waals surface area contributed by atoms with Crippen molar-refractivity contribution in [1.82, 2.24) is 0 Å². The number of ether oxygens (including phenoxy) is 4. The van der Waals surface area contributed by atoms with Gasteiger partial charge in [0, 0.05) is 31.4 Å². The molecule has 5 nitrogen and oxygen atoms in total. The van der Waals surface area contributed by atoms with Crippen LogP contribution in [0, 0.1) is 5.92 Å². The first-order valence-electron chi connectivity index (χ1n) is 6.84. The second-order valence-electron chi connectivity index (χ2n) is 4.92. The molecule has 2 N–H and O–H groups in total. The number of hydrogen-bond acceptors (Lipinski definition) is 5. The molecule has 1 saturated heterocycles. The molecule has 0 amide bonds. The summed E-state index contributed by atoms with van der Waals surface area (Å²) < 4.78 is 21.6. The molecule has 1 aromatic carbocycles. The van der Waals surface area contributed by atoms with E-state index in [2.05, 4.69) is 0 Å². The quantitative estimate of drug-likeness (QED) is 0.904. The van der Waals surface area contributed by atoms with Gasteiger partial charge in [0.05, 0.1) is 26.9 Å². The Morgan fingerprint density at radius 3 is 2.00 bits per heavy atom. The topological polar surface area (TPSA) is 62.9 Å². The Kier molecular flexibility index (Phi) is 7.08. The van der Waals surface area contributed by atoms with Gasteiger partial charge in [-0.05, 0) is 18.8 Å². The van der Waals surface area contributed by atoms with E-state index >= 15 is 0 Å². The molecule has 0 radical (unpaired) electrons. The van der Waals surface area contributed by atoms with E-state index in [1.807, 2.05) is 12.1 Å². The lowest BCUT2D eigenvalue weighted by Gasteiger charge is -2.29. The molecule has 0 spiro atoms. The molecule has 21 heavy (non-hydrogen) atoms. The molecule has 1 atom stereocenters. The Morgan fingerprint density at radius 2 is 1.57 bits per heavy atom. The van der Waals surface area contributed by atoms with Crippen LogP contribution in [0.2, 0.25) is 0 Å². The number of halogens is 1. The first-order valence-corrected chi connectivity index (χ1v) is 6.84. The molecule has 0 saturated carbocycles. The van der Waals surface area contributed by atoms with Crippen molar-refractivity contribution in [2.75, 3.05) is 34.5 Å². The lowest BCUT2D eigenvalue weighted by molar-refractivity contribution is 0.0578. The second kappa shape index (κ2) is 8.32. The van der Waals surface area contributed by atoms with Crippen molar-refractivity contribution in [1.29, 1.82) is 0 Å². The third kappa shape index (κ3) is 3.93. The van der Waals surface area contributed by atoms with Crippen LogP contribution in [0.5, 0.6) is 17.2 Å². The minimum Gasteiger partial charge on any atom is -0.496 e. The molecule has 120 valence electrons. The van der Waals surface area contributed by atoms with Crippen LogP contribution in [0.3, 0.4) is 0 Å². The van der Waals surface area contributed by atoms with Gasteiger partial charge in [-0.3, -0.25) is 0 Å². The van der Waals surface area contributed by atoms with Gasteiger partial charge in [-0.25, -0.2) is 0 Å². The Bertz CT molecular complexity index is 424. The Morgan fingerprint density at radius 1 is 1.05 bits per heavy atom. The number of hydrogen-bond donors (Lipinski definition) is 1. The summed E-state index contributed by atoms with van der Waals surface area (Å²) in [7, 11) is 4.88. The molecule has 1 aliphatic rings. The van der Waals surface area contributed by atoms with Crippen molar-refractivity contribution < 1.29 is 18.9 Å². The van der Waals surface area contributed by atoms with Crippen molar-refractivity contribution in [2.45, 2.75) is 18.9 Å². The molecule has 1 aromatic rings. The van der Waals surface area contributed by atoms with Gasteiger partial charge in [-0.2, -0.15) is 0 Å². The van der Waals surface area contributed by atoms with E-state index in [0.29, 0.717) is 23.2 Å². The van der Waals surface area contributed by atoms with Gasteiger partial charge in [0.15, 0.2) is 0 Å². The zero-order chi connectivity index (χ0) is 14.5. The van der Waals surface area contributed by atoms with Gasteiger partial charge in [0.1, 0.15) is 17.2 Å². The number of benzene rings is 1. The summed E-state index contributed by atoms with van der Waals surface area (Å²) in [4.78, 5) is 0. The molecule has 2 rings (SSSR count). The highest BCUT2D eigenvalue weighted by Crippen LogP contribution is 2.41. The van der Waals surface area contributed by atoms with Crippen molar-refractivity contribution in [3.8, 4) is 17.2 Å². The van der Waals surface area contributed by atoms with Gasteiger partial charge in [0.25, 0.3) is 0 Å². The highest BCUT2D eigenvalue weighted by Gasteiger charge is 2.28. The van der Waals surface area contributed by atoms with Crippen LogP contribution in [0.25, 0.3) is 0 Å². The third-order valence-electron chi connectivity index (χ3n) is 3.86. The SMILES string of the molecule is COc1cc(OC)c([C@@H](N)C2CCOCC2)c(OC)c1.Cl. The van der Waals surface area contributed by atoms with Gasteiger partial charge in [0.2, 0.25) is 0 Å². The van der Waals surface area contributed by atoms with Gasteiger partial charge >= 0.3 is 0 Å². The van der Waals surface area contributed by atoms with Crippen LogP contribution in [-0.4, -0.2) is 34.5 Å². The number of rotatable bonds is 5. The fourth-order valence-corrected chi connectivity index (χ4v) is 2.67. The smallest absolute Gasteiger partial charge is 0.131 e. The molecule has 0 unspecified atom stereocenters. The predicted molar refractivity (Wildman–Crippen MR) is 83.8 cm³/mol. The van der Waals surface area contributed by atoms with Crippen molar-refractivity contribution in [3.05, 3.63) is 17.7 Å². The molecular formula is C15H24ClNO4. The van der Waals surface area contributed by atoms with Gasteiger partial charge in [-0.15, -0.1) is 12.4 Å². The standard InChI is InChI=1S/C15H23NO4.ClH/c1-17-11-8-12(18-2)14(13(9-11)19-3)15(16)10-4-6-20-7-5-10;/h8-10,15H,4-7,16H2,1-3H3;1H/t15-;/m0./s1. The van der Waals surface area contributed by atoms with Gasteiger partial charge in [-0.1, -0.05) is 0 Å². The normalized spacial score (nSPS) is 16.8. The zero-order valence-electron chi connectivity index (χ0n) is 12.8. The van der Waals surface area contributed by atoms with E-state index in [1.54, 1.807) is 21.3 Å². The second-order valence-corrected chi connectivity index (χ2v) is 4.92. The fourth-order valence-electron chi connectivity index (χ4n) is 2.67. The molecule has 0 aromatic heterocycles. The minimum atomic E-state index is -0.130. The Balaban J connectivity index is 0.00000220. The van der Waals surface area contributed by atoms with E-state index in [1.165, 1.54) is 0 Å². The van der Waals surface area contributed by atoms with Gasteiger partial charge < -0.3 is 24.7 Å². The highest BCUT2D eigenvalue weighted by molar-refractivity contribution is 5.85. The summed E-state index contributed by atoms with van der Waals surface area (Å²) in [5.74, 6) is 2.49. The highest BCUT2D eigenvalue weighted by atomic mass is 35.5. The van der Waals surface area contributed by atoms with E-state index in [-0.39, 0.29) is 18.4 Å². The molecule has 0 aliphatic carbocycles. The summed E-state index contributed by atoms with van der Waals surface area (Å²) >= 11 is 0. The summed E-state index contributed by atoms with van der Waals surface area (Å²) in [6.07, 6.45) is 1.92. The van der Waals surface area contributed by atoms with Crippen LogP contribution in [0.4, 0.5) is 0 Å².